The maximum Gasteiger partial charge on any atom is 0.155 e. The van der Waals surface area contributed by atoms with Crippen LogP contribution in [0.4, 0.5) is 0 Å². The van der Waals surface area contributed by atoms with E-state index in [0.717, 1.165) is 28.3 Å². The van der Waals surface area contributed by atoms with Crippen molar-refractivity contribution < 1.29 is 0 Å². The van der Waals surface area contributed by atoms with Crippen molar-refractivity contribution in [2.45, 2.75) is 0 Å². The molecule has 0 amide bonds. The molecule has 34 heavy (non-hydrogen) atoms. The quantitative estimate of drug-likeness (QED) is 0.294. The van der Waals surface area contributed by atoms with Gasteiger partial charge in [-0.1, -0.05) is 78.9 Å². The van der Waals surface area contributed by atoms with Gasteiger partial charge in [0.05, 0.1) is 34.6 Å². The van der Waals surface area contributed by atoms with Crippen LogP contribution >= 0.6 is 0 Å². The summed E-state index contributed by atoms with van der Waals surface area (Å²) in [6.45, 7) is 0. The fourth-order valence-electron chi connectivity index (χ4n) is 4.91. The van der Waals surface area contributed by atoms with Crippen LogP contribution in [0.2, 0.25) is 0 Å². The molecular weight excluding hydrogens is 416 g/mol. The van der Waals surface area contributed by atoms with Crippen LogP contribution in [0.3, 0.4) is 0 Å². The first kappa shape index (κ1) is 18.8. The molecule has 0 aliphatic rings. The first-order valence-electron chi connectivity index (χ1n) is 11.3. The minimum Gasteiger partial charge on any atom is -0.307 e. The molecule has 3 heterocycles. The molecule has 0 atom stereocenters. The average Bonchev–Trinajstić information content (AvgIpc) is 3.49. The van der Waals surface area contributed by atoms with Gasteiger partial charge in [0.1, 0.15) is 0 Å². The molecule has 0 fully saturated rings. The van der Waals surface area contributed by atoms with E-state index in [1.165, 1.54) is 27.2 Å². The van der Waals surface area contributed by atoms with E-state index in [2.05, 4.69) is 100 Å². The Morgan fingerprint density at radius 2 is 1.32 bits per heavy atom. The maximum absolute atomic E-state index is 4.80. The van der Waals surface area contributed by atoms with Crippen molar-refractivity contribution in [3.8, 4) is 22.8 Å². The molecule has 160 valence electrons. The predicted octanol–water partition coefficient (Wildman–Crippen LogP) is 7.18. The van der Waals surface area contributed by atoms with Gasteiger partial charge in [0.25, 0.3) is 0 Å². The highest BCUT2D eigenvalue weighted by Crippen LogP contribution is 2.37. The van der Waals surface area contributed by atoms with E-state index >= 15 is 0 Å². The molecule has 0 saturated heterocycles. The number of benzene rings is 4. The van der Waals surface area contributed by atoms with E-state index in [1.807, 2.05) is 30.6 Å². The largest absolute Gasteiger partial charge is 0.307 e. The van der Waals surface area contributed by atoms with E-state index in [1.54, 1.807) is 0 Å². The number of rotatable bonds is 3. The standard InChI is InChI=1S/C30H20N4/c1-3-9-21(10-4-1)26-19-32-28(20-31-26)33-18-17-22-15-16-25-24-13-7-8-14-27(24)34(30(25)29(22)33)23-11-5-2-6-12-23/h1-20H. The highest BCUT2D eigenvalue weighted by Gasteiger charge is 2.18. The second-order valence-corrected chi connectivity index (χ2v) is 8.40. The van der Waals surface area contributed by atoms with Gasteiger partial charge >= 0.3 is 0 Å². The summed E-state index contributed by atoms with van der Waals surface area (Å²) in [6.07, 6.45) is 5.79. The summed E-state index contributed by atoms with van der Waals surface area (Å²) in [4.78, 5) is 9.53. The van der Waals surface area contributed by atoms with Crippen LogP contribution in [-0.4, -0.2) is 19.1 Å². The Morgan fingerprint density at radius 3 is 2.12 bits per heavy atom. The van der Waals surface area contributed by atoms with E-state index in [-0.39, 0.29) is 0 Å². The van der Waals surface area contributed by atoms with Gasteiger partial charge in [-0.3, -0.25) is 9.55 Å². The van der Waals surface area contributed by atoms with E-state index in [4.69, 9.17) is 9.97 Å². The minimum atomic E-state index is 0.798. The number of para-hydroxylation sites is 2. The lowest BCUT2D eigenvalue weighted by atomic mass is 10.1. The van der Waals surface area contributed by atoms with Gasteiger partial charge in [0, 0.05) is 33.6 Å². The molecule has 4 nitrogen and oxygen atoms in total. The maximum atomic E-state index is 4.80. The zero-order valence-electron chi connectivity index (χ0n) is 18.3. The summed E-state index contributed by atoms with van der Waals surface area (Å²) in [5.74, 6) is 0.798. The number of aromatic nitrogens is 4. The molecule has 0 bridgehead atoms. The summed E-state index contributed by atoms with van der Waals surface area (Å²) in [7, 11) is 0. The van der Waals surface area contributed by atoms with E-state index < -0.39 is 0 Å². The zero-order chi connectivity index (χ0) is 22.5. The monoisotopic (exact) mass is 436 g/mol. The minimum absolute atomic E-state index is 0.798. The number of hydrogen-bond donors (Lipinski definition) is 0. The first-order chi connectivity index (χ1) is 16.9. The van der Waals surface area contributed by atoms with Crippen molar-refractivity contribution in [2.75, 3.05) is 0 Å². The molecule has 4 aromatic carbocycles. The van der Waals surface area contributed by atoms with Gasteiger partial charge in [0.2, 0.25) is 0 Å². The molecular formula is C30H20N4. The average molecular weight is 437 g/mol. The van der Waals surface area contributed by atoms with Crippen LogP contribution in [0.25, 0.3) is 55.5 Å². The molecule has 0 unspecified atom stereocenters. The van der Waals surface area contributed by atoms with Gasteiger partial charge in [0.15, 0.2) is 5.82 Å². The molecule has 0 aliphatic carbocycles. The lowest BCUT2D eigenvalue weighted by Gasteiger charge is -2.11. The van der Waals surface area contributed by atoms with Crippen molar-refractivity contribution in [1.82, 2.24) is 19.1 Å². The predicted molar refractivity (Wildman–Crippen MR) is 139 cm³/mol. The Morgan fingerprint density at radius 1 is 0.559 bits per heavy atom. The smallest absolute Gasteiger partial charge is 0.155 e. The van der Waals surface area contributed by atoms with Crippen molar-refractivity contribution in [3.05, 3.63) is 122 Å². The van der Waals surface area contributed by atoms with Gasteiger partial charge in [-0.05, 0) is 24.3 Å². The second kappa shape index (κ2) is 7.42. The summed E-state index contributed by atoms with van der Waals surface area (Å²) < 4.78 is 4.51. The third kappa shape index (κ3) is 2.79. The highest BCUT2D eigenvalue weighted by atomic mass is 15.1. The number of nitrogens with zero attached hydrogens (tertiary/aromatic N) is 4. The Bertz CT molecular complexity index is 1780. The summed E-state index contributed by atoms with van der Waals surface area (Å²) >= 11 is 0. The zero-order valence-corrected chi connectivity index (χ0v) is 18.3. The first-order valence-corrected chi connectivity index (χ1v) is 11.3. The van der Waals surface area contributed by atoms with Gasteiger partial charge in [-0.2, -0.15) is 0 Å². The molecule has 0 saturated carbocycles. The third-order valence-corrected chi connectivity index (χ3v) is 6.45. The molecule has 0 N–H and O–H groups in total. The van der Waals surface area contributed by atoms with Crippen LogP contribution in [0, 0.1) is 0 Å². The lowest BCUT2D eigenvalue weighted by Crippen LogP contribution is -2.00. The SMILES string of the molecule is c1ccc(-c2cnc(-n3ccc4ccc5c6ccccc6n(-c6ccccc6)c5c43)cn2)cc1. The van der Waals surface area contributed by atoms with Crippen molar-refractivity contribution in [1.29, 1.82) is 0 Å². The molecule has 4 heteroatoms. The van der Waals surface area contributed by atoms with Crippen LogP contribution in [0.15, 0.2) is 122 Å². The summed E-state index contributed by atoms with van der Waals surface area (Å²) in [6, 6.07) is 35.9. The van der Waals surface area contributed by atoms with Crippen LogP contribution in [0.1, 0.15) is 0 Å². The Balaban J connectivity index is 1.52. The Hall–Kier alpha value is -4.70. The second-order valence-electron chi connectivity index (χ2n) is 8.40. The summed E-state index contributed by atoms with van der Waals surface area (Å²) in [5.41, 5.74) is 6.55. The van der Waals surface area contributed by atoms with Gasteiger partial charge in [-0.25, -0.2) is 4.98 Å². The normalized spacial score (nSPS) is 11.5. The third-order valence-electron chi connectivity index (χ3n) is 6.45. The molecule has 7 aromatic rings. The van der Waals surface area contributed by atoms with Crippen LogP contribution < -0.4 is 0 Å². The number of hydrogen-bond acceptors (Lipinski definition) is 2. The van der Waals surface area contributed by atoms with Crippen molar-refractivity contribution in [3.63, 3.8) is 0 Å². The molecule has 3 aromatic heterocycles. The summed E-state index contributed by atoms with van der Waals surface area (Å²) in [5, 5.41) is 3.63. The van der Waals surface area contributed by atoms with Crippen molar-refractivity contribution >= 4 is 32.7 Å². The fraction of sp³-hybridized carbons (Fsp3) is 0. The fourth-order valence-corrected chi connectivity index (χ4v) is 4.91. The molecule has 0 radical (unpaired) electrons. The van der Waals surface area contributed by atoms with E-state index in [9.17, 15) is 0 Å². The van der Waals surface area contributed by atoms with Crippen LogP contribution in [-0.2, 0) is 0 Å². The Kier molecular flexibility index (Phi) is 4.11. The van der Waals surface area contributed by atoms with Crippen LogP contribution in [0.5, 0.6) is 0 Å². The number of fused-ring (bicyclic) bond motifs is 5. The van der Waals surface area contributed by atoms with Gasteiger partial charge in [-0.15, -0.1) is 0 Å². The van der Waals surface area contributed by atoms with E-state index in [0.29, 0.717) is 0 Å². The molecule has 7 rings (SSSR count). The van der Waals surface area contributed by atoms with Crippen molar-refractivity contribution in [2.24, 2.45) is 0 Å². The lowest BCUT2D eigenvalue weighted by molar-refractivity contribution is 1.01. The van der Waals surface area contributed by atoms with Gasteiger partial charge < -0.3 is 4.57 Å². The Labute approximate surface area is 196 Å². The highest BCUT2D eigenvalue weighted by molar-refractivity contribution is 6.18. The topological polar surface area (TPSA) is 35.6 Å². The molecule has 0 aliphatic heterocycles. The molecule has 0 spiro atoms.